The van der Waals surface area contributed by atoms with Crippen LogP contribution in [0.3, 0.4) is 0 Å². The van der Waals surface area contributed by atoms with Crippen molar-refractivity contribution < 1.29 is 32.0 Å². The van der Waals surface area contributed by atoms with Gasteiger partial charge >= 0.3 is 34.7 Å². The van der Waals surface area contributed by atoms with Crippen LogP contribution in [0.15, 0.2) is 0 Å². The Bertz CT molecular complexity index is 6.49. The van der Waals surface area contributed by atoms with Gasteiger partial charge in [0.05, 0.1) is 0 Å². The summed E-state index contributed by atoms with van der Waals surface area (Å²) in [7, 11) is 0. The Morgan fingerprint density at radius 3 is 0.750 bits per heavy atom. The van der Waals surface area contributed by atoms with Crippen molar-refractivity contribution in [2.24, 2.45) is 0 Å². The van der Waals surface area contributed by atoms with Crippen LogP contribution in [-0.2, 0) is 21.5 Å². The summed E-state index contributed by atoms with van der Waals surface area (Å²) in [6.07, 6.45) is 0. The first-order chi connectivity index (χ1) is 1.41. The van der Waals surface area contributed by atoms with E-state index in [-0.39, 0.29) is 51.2 Å². The Hall–Kier alpha value is 0.825. The van der Waals surface area contributed by atoms with Crippen LogP contribution in [0.5, 0.6) is 0 Å². The van der Waals surface area contributed by atoms with Crippen LogP contribution in [0, 0.1) is 0 Å². The predicted molar refractivity (Wildman–Crippen MR) is 19.9 cm³/mol. The molecule has 0 rings (SSSR count). The molecule has 0 unspecified atom stereocenters. The molecule has 0 atom stereocenters. The molecule has 0 radical (unpaired) electrons. The average molecular weight is 152 g/mol. The van der Waals surface area contributed by atoms with Crippen molar-refractivity contribution in [2.75, 3.05) is 0 Å². The summed E-state index contributed by atoms with van der Waals surface area (Å²) in [5.74, 6) is 0. The molecular weight excluding hydrogens is 150 g/mol. The molecule has 6 nitrogen and oxygen atoms in total. The molecule has 2 N–H and O–H groups in total. The van der Waals surface area contributed by atoms with Gasteiger partial charge in [0.15, 0.2) is 0 Å². The fourth-order valence-corrected chi connectivity index (χ4v) is 0. The van der Waals surface area contributed by atoms with E-state index in [1.165, 1.54) is 0 Å². The van der Waals surface area contributed by atoms with E-state index in [1.807, 2.05) is 0 Å². The van der Waals surface area contributed by atoms with Crippen molar-refractivity contribution in [1.29, 1.82) is 0 Å². The minimum absolute atomic E-state index is 0. The quantitative estimate of drug-likeness (QED) is 0.257. The summed E-state index contributed by atoms with van der Waals surface area (Å²) in [5.41, 5.74) is 0. The Kier molecular flexibility index (Phi) is 926. The van der Waals surface area contributed by atoms with E-state index >= 15 is 0 Å². The number of hydrogen-bond donors (Lipinski definition) is 2. The molecule has 44 valence electrons. The SMILES string of the molecule is OOO.[Al+3].[Al+3].[O-2].[O-2].[O-2]. The van der Waals surface area contributed by atoms with Crippen LogP contribution >= 0.6 is 0 Å². The largest absolute Gasteiger partial charge is 3.00 e. The molecular formula is H2Al2O6. The van der Waals surface area contributed by atoms with Gasteiger partial charge in [-0.05, 0) is 0 Å². The smallest absolute Gasteiger partial charge is 2.00 e. The summed E-state index contributed by atoms with van der Waals surface area (Å²) in [5, 5.41) is 15.5. The second kappa shape index (κ2) is 109. The van der Waals surface area contributed by atoms with Gasteiger partial charge < -0.3 is 16.4 Å². The maximum absolute atomic E-state index is 6.62. The van der Waals surface area contributed by atoms with Gasteiger partial charge in [0.2, 0.25) is 0 Å². The molecule has 0 aromatic heterocycles. The summed E-state index contributed by atoms with van der Waals surface area (Å²) in [6, 6.07) is 0. The molecule has 0 aliphatic heterocycles. The molecule has 8 heteroatoms. The zero-order valence-corrected chi connectivity index (χ0v) is 5.99. The Labute approximate surface area is 67.1 Å². The minimum atomic E-state index is 0. The van der Waals surface area contributed by atoms with Crippen molar-refractivity contribution in [2.45, 2.75) is 0 Å². The molecule has 0 spiro atoms. The predicted octanol–water partition coefficient (Wildman–Crippen LogP) is -1.17. The molecule has 0 aromatic rings. The van der Waals surface area contributed by atoms with E-state index in [0.717, 1.165) is 0 Å². The van der Waals surface area contributed by atoms with Crippen LogP contribution in [0.1, 0.15) is 0 Å². The van der Waals surface area contributed by atoms with Gasteiger partial charge in [-0.2, -0.15) is 0 Å². The molecule has 0 saturated heterocycles. The van der Waals surface area contributed by atoms with Crippen LogP contribution in [0.2, 0.25) is 0 Å². The number of rotatable bonds is 0. The fraction of sp³-hybridized carbons (Fsp3) is 0. The van der Waals surface area contributed by atoms with Crippen molar-refractivity contribution in [3.8, 4) is 0 Å². The maximum Gasteiger partial charge on any atom is 3.00 e. The van der Waals surface area contributed by atoms with Crippen LogP contribution in [0.4, 0.5) is 0 Å². The summed E-state index contributed by atoms with van der Waals surface area (Å²) >= 11 is 0. The van der Waals surface area contributed by atoms with Crippen LogP contribution in [-0.4, -0.2) is 45.2 Å². The number of hydrogen-bond acceptors (Lipinski definition) is 3. The Morgan fingerprint density at radius 1 is 0.750 bits per heavy atom. The van der Waals surface area contributed by atoms with Crippen molar-refractivity contribution in [1.82, 2.24) is 0 Å². The van der Waals surface area contributed by atoms with Crippen molar-refractivity contribution in [3.63, 3.8) is 0 Å². The molecule has 0 aliphatic carbocycles. The second-order valence-electron chi connectivity index (χ2n) is 0.0816. The summed E-state index contributed by atoms with van der Waals surface area (Å²) in [6.45, 7) is 0. The molecule has 0 aromatic carbocycles. The van der Waals surface area contributed by atoms with E-state index < -0.39 is 0 Å². The third-order valence-electron chi connectivity index (χ3n) is 0. The summed E-state index contributed by atoms with van der Waals surface area (Å²) in [4.78, 5) is 0. The average Bonchev–Trinajstić information content (AvgIpc) is 0.918. The van der Waals surface area contributed by atoms with Gasteiger partial charge in [0.25, 0.3) is 0 Å². The zero-order chi connectivity index (χ0) is 2.71. The van der Waals surface area contributed by atoms with Gasteiger partial charge in [0.1, 0.15) is 0 Å². The van der Waals surface area contributed by atoms with Crippen molar-refractivity contribution in [3.05, 3.63) is 0 Å². The normalized spacial score (nSPS) is 2.25. The maximum atomic E-state index is 6.62. The van der Waals surface area contributed by atoms with E-state index in [4.69, 9.17) is 10.5 Å². The van der Waals surface area contributed by atoms with E-state index in [9.17, 15) is 0 Å². The Balaban J connectivity index is -0.00000000200. The second-order valence-corrected chi connectivity index (χ2v) is 0.0816. The van der Waals surface area contributed by atoms with Crippen molar-refractivity contribution >= 4 is 34.7 Å². The minimum Gasteiger partial charge on any atom is -2.00 e. The van der Waals surface area contributed by atoms with E-state index in [1.54, 1.807) is 0 Å². The molecule has 8 heavy (non-hydrogen) atoms. The fourth-order valence-electron chi connectivity index (χ4n) is 0. The first-order valence-corrected chi connectivity index (χ1v) is 0.365. The van der Waals surface area contributed by atoms with Gasteiger partial charge in [-0.3, -0.25) is 0 Å². The first-order valence-electron chi connectivity index (χ1n) is 0.365. The van der Waals surface area contributed by atoms with E-state index in [0.29, 0.717) is 0 Å². The molecule has 0 fully saturated rings. The van der Waals surface area contributed by atoms with E-state index in [2.05, 4.69) is 5.04 Å². The van der Waals surface area contributed by atoms with Gasteiger partial charge in [0, 0.05) is 0 Å². The van der Waals surface area contributed by atoms with Gasteiger partial charge in [-0.1, -0.05) is 5.04 Å². The topological polar surface area (TPSA) is 135 Å². The Morgan fingerprint density at radius 2 is 0.750 bits per heavy atom. The molecule has 0 aliphatic rings. The monoisotopic (exact) mass is 152 g/mol. The zero-order valence-electron chi connectivity index (χ0n) is 3.68. The van der Waals surface area contributed by atoms with Gasteiger partial charge in [-0.25, -0.2) is 10.5 Å². The summed E-state index contributed by atoms with van der Waals surface area (Å²) < 4.78 is 0. The molecule has 0 bridgehead atoms. The third-order valence-corrected chi connectivity index (χ3v) is 0. The van der Waals surface area contributed by atoms with Gasteiger partial charge in [-0.15, -0.1) is 0 Å². The first kappa shape index (κ1) is 67.7. The third kappa shape index (κ3) is 340. The van der Waals surface area contributed by atoms with Crippen LogP contribution in [0.25, 0.3) is 0 Å². The molecule has 0 heterocycles. The van der Waals surface area contributed by atoms with Crippen LogP contribution < -0.4 is 0 Å². The molecule has 0 saturated carbocycles. The standard InChI is InChI=1S/2Al.H2O3.3O/c;;1-3-2;;;/h;;1-2H;;;/q2*+3;;3*-2. The molecule has 0 amide bonds.